The molecule has 3 aromatic rings. The lowest BCUT2D eigenvalue weighted by atomic mass is 10.1. The summed E-state index contributed by atoms with van der Waals surface area (Å²) in [6.07, 6.45) is 0. The van der Waals surface area contributed by atoms with Crippen molar-refractivity contribution < 1.29 is 9.53 Å². The lowest BCUT2D eigenvalue weighted by Gasteiger charge is -2.24. The van der Waals surface area contributed by atoms with Crippen molar-refractivity contribution in [1.29, 1.82) is 0 Å². The Morgan fingerprint density at radius 1 is 1.15 bits per heavy atom. The highest BCUT2D eigenvalue weighted by Crippen LogP contribution is 2.25. The number of nitrogens with zero attached hydrogens (tertiary/aromatic N) is 2. The molecule has 1 aromatic heterocycles. The van der Waals surface area contributed by atoms with Crippen LogP contribution in [0.5, 0.6) is 5.75 Å². The Morgan fingerprint density at radius 2 is 1.85 bits per heavy atom. The van der Waals surface area contributed by atoms with Crippen molar-refractivity contribution in [3.63, 3.8) is 0 Å². The van der Waals surface area contributed by atoms with E-state index in [0.717, 1.165) is 17.0 Å². The largest absolute Gasteiger partial charge is 0.497 e. The second-order valence-corrected chi connectivity index (χ2v) is 6.75. The third-order valence-corrected chi connectivity index (χ3v) is 5.01. The normalized spacial score (nSPS) is 11.7. The molecule has 1 atom stereocenters. The van der Waals surface area contributed by atoms with Gasteiger partial charge in [0.15, 0.2) is 5.13 Å². The summed E-state index contributed by atoms with van der Waals surface area (Å²) in [7, 11) is 3.43. The number of ether oxygens (including phenoxy) is 1. The molecule has 1 heterocycles. The molecule has 0 bridgehead atoms. The van der Waals surface area contributed by atoms with Gasteiger partial charge >= 0.3 is 0 Å². The summed E-state index contributed by atoms with van der Waals surface area (Å²) in [6, 6.07) is 17.5. The summed E-state index contributed by atoms with van der Waals surface area (Å²) in [4.78, 5) is 18.9. The number of carbonyl (C=O) groups excluding carboxylic acids is 1. The Hall–Kier alpha value is -2.86. The van der Waals surface area contributed by atoms with Crippen molar-refractivity contribution in [2.45, 2.75) is 13.0 Å². The number of methoxy groups -OCH3 is 1. The van der Waals surface area contributed by atoms with Crippen LogP contribution in [0.3, 0.4) is 0 Å². The first kappa shape index (κ1) is 17.9. The fourth-order valence-corrected chi connectivity index (χ4v) is 3.24. The fraction of sp³-hybridized carbons (Fsp3) is 0.200. The van der Waals surface area contributed by atoms with Crippen molar-refractivity contribution in [1.82, 2.24) is 9.88 Å². The van der Waals surface area contributed by atoms with Gasteiger partial charge in [-0.05, 0) is 36.8 Å². The summed E-state index contributed by atoms with van der Waals surface area (Å²) in [6.45, 7) is 2.01. The maximum atomic E-state index is 12.7. The number of nitrogens with one attached hydrogen (secondary N) is 1. The van der Waals surface area contributed by atoms with Crippen LogP contribution in [0.2, 0.25) is 0 Å². The van der Waals surface area contributed by atoms with Gasteiger partial charge in [-0.15, -0.1) is 11.3 Å². The minimum atomic E-state index is -0.0969. The smallest absolute Gasteiger partial charge is 0.273 e. The van der Waals surface area contributed by atoms with Crippen LogP contribution in [0.25, 0.3) is 0 Å². The molecule has 6 heteroatoms. The number of aromatic nitrogens is 1. The summed E-state index contributed by atoms with van der Waals surface area (Å²) in [5, 5.41) is 5.67. The molecular weight excluding hydrogens is 346 g/mol. The molecule has 134 valence electrons. The minimum absolute atomic E-state index is 0.0246. The highest BCUT2D eigenvalue weighted by molar-refractivity contribution is 7.14. The van der Waals surface area contributed by atoms with Crippen LogP contribution in [-0.4, -0.2) is 29.9 Å². The molecule has 2 aromatic carbocycles. The molecule has 0 fully saturated rings. The molecule has 0 aliphatic carbocycles. The molecule has 0 radical (unpaired) electrons. The Bertz CT molecular complexity index is 862. The third kappa shape index (κ3) is 4.03. The summed E-state index contributed by atoms with van der Waals surface area (Å²) < 4.78 is 5.15. The number of thiazole rings is 1. The predicted octanol–water partition coefficient (Wildman–Crippen LogP) is 4.73. The van der Waals surface area contributed by atoms with E-state index in [1.165, 1.54) is 11.3 Å². The summed E-state index contributed by atoms with van der Waals surface area (Å²) in [5.74, 6) is 0.697. The second-order valence-electron chi connectivity index (χ2n) is 5.89. The van der Waals surface area contributed by atoms with Gasteiger partial charge in [0.05, 0.1) is 13.2 Å². The number of hydrogen-bond donors (Lipinski definition) is 1. The Kier molecular flexibility index (Phi) is 5.53. The molecular formula is C20H21N3O2S. The zero-order chi connectivity index (χ0) is 18.5. The molecule has 0 saturated heterocycles. The molecule has 5 nitrogen and oxygen atoms in total. The van der Waals surface area contributed by atoms with Gasteiger partial charge in [-0.25, -0.2) is 4.98 Å². The van der Waals surface area contributed by atoms with Gasteiger partial charge in [-0.2, -0.15) is 0 Å². The molecule has 1 unspecified atom stereocenters. The van der Waals surface area contributed by atoms with E-state index in [0.29, 0.717) is 10.8 Å². The first-order valence-corrected chi connectivity index (χ1v) is 9.15. The van der Waals surface area contributed by atoms with E-state index < -0.39 is 0 Å². The van der Waals surface area contributed by atoms with Crippen molar-refractivity contribution in [2.24, 2.45) is 0 Å². The van der Waals surface area contributed by atoms with E-state index in [1.807, 2.05) is 61.5 Å². The standard InChI is InChI=1S/C20H21N3O2S/c1-14(15-7-5-4-6-8-15)23(2)19(24)18-13-26-20(22-18)21-16-9-11-17(25-3)12-10-16/h4-14H,1-3H3,(H,21,22). The molecule has 1 amide bonds. The summed E-state index contributed by atoms with van der Waals surface area (Å²) in [5.41, 5.74) is 2.43. The second kappa shape index (κ2) is 8.01. The molecule has 3 rings (SSSR count). The molecule has 0 aliphatic heterocycles. The highest BCUT2D eigenvalue weighted by Gasteiger charge is 2.21. The van der Waals surface area contributed by atoms with Gasteiger partial charge in [0.1, 0.15) is 11.4 Å². The Balaban J connectivity index is 1.69. The number of rotatable bonds is 6. The van der Waals surface area contributed by atoms with Crippen molar-refractivity contribution in [2.75, 3.05) is 19.5 Å². The van der Waals surface area contributed by atoms with Crippen LogP contribution >= 0.6 is 11.3 Å². The lowest BCUT2D eigenvalue weighted by Crippen LogP contribution is -2.29. The topological polar surface area (TPSA) is 54.5 Å². The number of amides is 1. The van der Waals surface area contributed by atoms with E-state index in [2.05, 4.69) is 10.3 Å². The number of carbonyl (C=O) groups is 1. The predicted molar refractivity (Wildman–Crippen MR) is 105 cm³/mol. The van der Waals surface area contributed by atoms with E-state index in [1.54, 1.807) is 24.4 Å². The third-order valence-electron chi connectivity index (χ3n) is 4.25. The average molecular weight is 367 g/mol. The summed E-state index contributed by atoms with van der Waals surface area (Å²) >= 11 is 1.41. The van der Waals surface area contributed by atoms with Crippen LogP contribution in [0, 0.1) is 0 Å². The van der Waals surface area contributed by atoms with Gasteiger partial charge in [0.2, 0.25) is 0 Å². The van der Waals surface area contributed by atoms with Crippen LogP contribution in [-0.2, 0) is 0 Å². The van der Waals surface area contributed by atoms with Gasteiger partial charge in [-0.3, -0.25) is 4.79 Å². The molecule has 0 aliphatic rings. The van der Waals surface area contributed by atoms with Crippen LogP contribution in [0.4, 0.5) is 10.8 Å². The van der Waals surface area contributed by atoms with Crippen LogP contribution in [0.15, 0.2) is 60.0 Å². The first-order chi connectivity index (χ1) is 12.6. The van der Waals surface area contributed by atoms with Crippen LogP contribution < -0.4 is 10.1 Å². The van der Waals surface area contributed by atoms with E-state index in [4.69, 9.17) is 4.74 Å². The number of hydrogen-bond acceptors (Lipinski definition) is 5. The van der Waals surface area contributed by atoms with E-state index in [-0.39, 0.29) is 11.9 Å². The average Bonchev–Trinajstić information content (AvgIpc) is 3.16. The molecule has 26 heavy (non-hydrogen) atoms. The number of anilines is 2. The minimum Gasteiger partial charge on any atom is -0.497 e. The van der Waals surface area contributed by atoms with Gasteiger partial charge in [0.25, 0.3) is 5.91 Å². The van der Waals surface area contributed by atoms with Gasteiger partial charge in [0, 0.05) is 18.1 Å². The maximum Gasteiger partial charge on any atom is 0.273 e. The lowest BCUT2D eigenvalue weighted by molar-refractivity contribution is 0.0737. The van der Waals surface area contributed by atoms with Crippen molar-refractivity contribution in [3.8, 4) is 5.75 Å². The zero-order valence-electron chi connectivity index (χ0n) is 15.0. The monoisotopic (exact) mass is 367 g/mol. The molecule has 0 spiro atoms. The van der Waals surface area contributed by atoms with Crippen molar-refractivity contribution in [3.05, 3.63) is 71.2 Å². The van der Waals surface area contributed by atoms with Crippen LogP contribution in [0.1, 0.15) is 29.0 Å². The van der Waals surface area contributed by atoms with E-state index >= 15 is 0 Å². The van der Waals surface area contributed by atoms with Gasteiger partial charge in [-0.1, -0.05) is 30.3 Å². The molecule has 1 N–H and O–H groups in total. The number of benzene rings is 2. The highest BCUT2D eigenvalue weighted by atomic mass is 32.1. The van der Waals surface area contributed by atoms with Crippen molar-refractivity contribution >= 4 is 28.1 Å². The first-order valence-electron chi connectivity index (χ1n) is 8.27. The van der Waals surface area contributed by atoms with E-state index in [9.17, 15) is 4.79 Å². The zero-order valence-corrected chi connectivity index (χ0v) is 15.8. The Morgan fingerprint density at radius 3 is 2.50 bits per heavy atom. The SMILES string of the molecule is COc1ccc(Nc2nc(C(=O)N(C)C(C)c3ccccc3)cs2)cc1. The van der Waals surface area contributed by atoms with Gasteiger partial charge < -0.3 is 15.0 Å². The quantitative estimate of drug-likeness (QED) is 0.684. The maximum absolute atomic E-state index is 12.7. The fourth-order valence-electron chi connectivity index (χ4n) is 2.54. The Labute approximate surface area is 157 Å². The molecule has 0 saturated carbocycles.